The molecule has 1 aromatic rings. The van der Waals surface area contributed by atoms with Crippen molar-refractivity contribution in [2.24, 2.45) is 0 Å². The molecule has 0 aromatic heterocycles. The van der Waals surface area contributed by atoms with E-state index in [1.807, 2.05) is 19.9 Å². The maximum Gasteiger partial charge on any atom is 0.299 e. The summed E-state index contributed by atoms with van der Waals surface area (Å²) in [7, 11) is 1.66. The molecule has 0 N–H and O–H groups in total. The Labute approximate surface area is 113 Å². The molecule has 0 fully saturated rings. The van der Waals surface area contributed by atoms with E-state index < -0.39 is 5.91 Å². The first kappa shape index (κ1) is 13.7. The second kappa shape index (κ2) is 5.53. The molecule has 0 aliphatic carbocycles. The molecule has 0 radical (unpaired) electrons. The number of fused-ring (bicyclic) bond motifs is 1. The summed E-state index contributed by atoms with van der Waals surface area (Å²) in [4.78, 5) is 25.6. The number of benzene rings is 1. The van der Waals surface area contributed by atoms with Gasteiger partial charge in [-0.2, -0.15) is 0 Å². The molecular formula is C15H19NO3. The number of Topliss-reactive ketones (excluding diaryl/α,β-unsaturated/α-hetero) is 1. The highest BCUT2D eigenvalue weighted by atomic mass is 16.5. The minimum atomic E-state index is -0.402. The Morgan fingerprint density at radius 3 is 2.58 bits per heavy atom. The molecule has 0 unspecified atom stereocenters. The van der Waals surface area contributed by atoms with Gasteiger partial charge in [0.05, 0.1) is 11.3 Å². The highest BCUT2D eigenvalue weighted by Crippen LogP contribution is 2.34. The van der Waals surface area contributed by atoms with E-state index in [9.17, 15) is 9.59 Å². The zero-order valence-corrected chi connectivity index (χ0v) is 11.7. The van der Waals surface area contributed by atoms with E-state index in [0.29, 0.717) is 18.7 Å². The van der Waals surface area contributed by atoms with Crippen LogP contribution < -0.4 is 4.90 Å². The summed E-state index contributed by atoms with van der Waals surface area (Å²) in [5.41, 5.74) is 3.46. The zero-order chi connectivity index (χ0) is 14.0. The third-order valence-corrected chi connectivity index (χ3v) is 3.64. The minimum absolute atomic E-state index is 0.384. The molecule has 4 heteroatoms. The van der Waals surface area contributed by atoms with Gasteiger partial charge < -0.3 is 9.64 Å². The van der Waals surface area contributed by atoms with Crippen LogP contribution >= 0.6 is 0 Å². The number of carbonyl (C=O) groups is 2. The molecule has 0 spiro atoms. The second-order valence-electron chi connectivity index (χ2n) is 4.89. The summed E-state index contributed by atoms with van der Waals surface area (Å²) < 4.78 is 5.00. The molecule has 102 valence electrons. The van der Waals surface area contributed by atoms with Crippen molar-refractivity contribution in [1.29, 1.82) is 0 Å². The topological polar surface area (TPSA) is 46.6 Å². The number of hydrogen-bond donors (Lipinski definition) is 0. The van der Waals surface area contributed by atoms with Gasteiger partial charge in [-0.25, -0.2) is 0 Å². The summed E-state index contributed by atoms with van der Waals surface area (Å²) in [6.45, 7) is 5.20. The summed E-state index contributed by atoms with van der Waals surface area (Å²) in [5, 5.41) is 0. The van der Waals surface area contributed by atoms with Crippen LogP contribution in [0.2, 0.25) is 0 Å². The van der Waals surface area contributed by atoms with E-state index in [1.165, 1.54) is 0 Å². The van der Waals surface area contributed by atoms with Crippen molar-refractivity contribution in [1.82, 2.24) is 0 Å². The lowest BCUT2D eigenvalue weighted by atomic mass is 10.0. The van der Waals surface area contributed by atoms with Crippen LogP contribution in [-0.2, 0) is 9.53 Å². The Hall–Kier alpha value is -1.68. The Bertz CT molecular complexity index is 522. The summed E-state index contributed by atoms with van der Waals surface area (Å²) in [5.74, 6) is -0.786. The molecule has 1 amide bonds. The first-order valence-electron chi connectivity index (χ1n) is 6.53. The number of anilines is 1. The fraction of sp³-hybridized carbons (Fsp3) is 0.467. The van der Waals surface area contributed by atoms with E-state index in [-0.39, 0.29) is 5.78 Å². The van der Waals surface area contributed by atoms with Crippen LogP contribution in [-0.4, -0.2) is 32.0 Å². The molecule has 1 aliphatic heterocycles. The third kappa shape index (κ3) is 2.40. The molecule has 1 aliphatic rings. The van der Waals surface area contributed by atoms with E-state index in [2.05, 4.69) is 0 Å². The molecule has 2 rings (SSSR count). The van der Waals surface area contributed by atoms with Gasteiger partial charge in [-0.3, -0.25) is 9.59 Å². The van der Waals surface area contributed by atoms with E-state index in [4.69, 9.17) is 4.74 Å². The summed E-state index contributed by atoms with van der Waals surface area (Å²) in [6, 6.07) is 3.65. The Morgan fingerprint density at radius 1 is 1.16 bits per heavy atom. The van der Waals surface area contributed by atoms with Crippen molar-refractivity contribution < 1.29 is 14.3 Å². The largest absolute Gasteiger partial charge is 0.385 e. The van der Waals surface area contributed by atoms with Crippen LogP contribution in [0.15, 0.2) is 12.1 Å². The van der Waals surface area contributed by atoms with Gasteiger partial charge in [-0.1, -0.05) is 6.07 Å². The van der Waals surface area contributed by atoms with Crippen LogP contribution in [0.4, 0.5) is 5.69 Å². The average molecular weight is 261 g/mol. The summed E-state index contributed by atoms with van der Waals surface area (Å²) >= 11 is 0. The van der Waals surface area contributed by atoms with Crippen molar-refractivity contribution in [3.63, 3.8) is 0 Å². The van der Waals surface area contributed by atoms with Gasteiger partial charge >= 0.3 is 0 Å². The number of rotatable bonds is 5. The number of ether oxygens (including phenoxy) is 1. The van der Waals surface area contributed by atoms with Gasteiger partial charge in [0.15, 0.2) is 0 Å². The monoisotopic (exact) mass is 261 g/mol. The SMILES string of the molecule is COCCCCN1C(=O)C(=O)c2ccc(C)c(C)c21. The van der Waals surface area contributed by atoms with Gasteiger partial charge in [-0.15, -0.1) is 0 Å². The van der Waals surface area contributed by atoms with Crippen molar-refractivity contribution >= 4 is 17.4 Å². The molecule has 19 heavy (non-hydrogen) atoms. The lowest BCUT2D eigenvalue weighted by Crippen LogP contribution is -2.31. The number of carbonyl (C=O) groups excluding carboxylic acids is 2. The van der Waals surface area contributed by atoms with Crippen LogP contribution in [0, 0.1) is 13.8 Å². The van der Waals surface area contributed by atoms with Crippen molar-refractivity contribution in [3.8, 4) is 0 Å². The highest BCUT2D eigenvalue weighted by molar-refractivity contribution is 6.52. The maximum absolute atomic E-state index is 12.0. The molecule has 1 aromatic carbocycles. The van der Waals surface area contributed by atoms with Crippen molar-refractivity contribution in [2.75, 3.05) is 25.2 Å². The van der Waals surface area contributed by atoms with Crippen LogP contribution in [0.25, 0.3) is 0 Å². The van der Waals surface area contributed by atoms with E-state index in [1.54, 1.807) is 18.1 Å². The van der Waals surface area contributed by atoms with Crippen LogP contribution in [0.1, 0.15) is 34.3 Å². The van der Waals surface area contributed by atoms with Gasteiger partial charge in [0.25, 0.3) is 11.7 Å². The lowest BCUT2D eigenvalue weighted by molar-refractivity contribution is -0.114. The molecule has 0 saturated heterocycles. The van der Waals surface area contributed by atoms with Gasteiger partial charge in [0, 0.05) is 20.3 Å². The van der Waals surface area contributed by atoms with Crippen molar-refractivity contribution in [2.45, 2.75) is 26.7 Å². The minimum Gasteiger partial charge on any atom is -0.385 e. The maximum atomic E-state index is 12.0. The number of hydrogen-bond acceptors (Lipinski definition) is 3. The summed E-state index contributed by atoms with van der Waals surface area (Å²) in [6.07, 6.45) is 1.72. The Kier molecular flexibility index (Phi) is 4.00. The number of ketones is 1. The normalized spacial score (nSPS) is 14.2. The van der Waals surface area contributed by atoms with Gasteiger partial charge in [-0.05, 0) is 43.9 Å². The number of nitrogens with zero attached hydrogens (tertiary/aromatic N) is 1. The predicted octanol–water partition coefficient (Wildman–Crippen LogP) is 2.26. The fourth-order valence-corrected chi connectivity index (χ4v) is 2.40. The van der Waals surface area contributed by atoms with Crippen molar-refractivity contribution in [3.05, 3.63) is 28.8 Å². The van der Waals surface area contributed by atoms with Crippen LogP contribution in [0.3, 0.4) is 0 Å². The number of aryl methyl sites for hydroxylation is 1. The highest BCUT2D eigenvalue weighted by Gasteiger charge is 2.36. The standard InChI is InChI=1S/C15H19NO3/c1-10-6-7-12-13(11(10)2)16(15(18)14(12)17)8-4-5-9-19-3/h6-7H,4-5,8-9H2,1-3H3. The zero-order valence-electron chi connectivity index (χ0n) is 11.7. The third-order valence-electron chi connectivity index (χ3n) is 3.64. The van der Waals surface area contributed by atoms with Gasteiger partial charge in [0.1, 0.15) is 0 Å². The molecule has 0 bridgehead atoms. The number of amides is 1. The first-order chi connectivity index (χ1) is 9.07. The molecule has 0 saturated carbocycles. The van der Waals surface area contributed by atoms with E-state index >= 15 is 0 Å². The molecule has 4 nitrogen and oxygen atoms in total. The van der Waals surface area contributed by atoms with Gasteiger partial charge in [0.2, 0.25) is 0 Å². The van der Waals surface area contributed by atoms with Crippen LogP contribution in [0.5, 0.6) is 0 Å². The molecule has 0 atom stereocenters. The predicted molar refractivity (Wildman–Crippen MR) is 73.7 cm³/mol. The Balaban J connectivity index is 2.25. The average Bonchev–Trinajstić information content (AvgIpc) is 2.64. The smallest absolute Gasteiger partial charge is 0.299 e. The molecular weight excluding hydrogens is 242 g/mol. The fourth-order valence-electron chi connectivity index (χ4n) is 2.40. The Morgan fingerprint density at radius 2 is 1.89 bits per heavy atom. The lowest BCUT2D eigenvalue weighted by Gasteiger charge is -2.19. The first-order valence-corrected chi connectivity index (χ1v) is 6.53. The van der Waals surface area contributed by atoms with E-state index in [0.717, 1.165) is 29.7 Å². The number of unbranched alkanes of at least 4 members (excludes halogenated alkanes) is 1. The second-order valence-corrected chi connectivity index (χ2v) is 4.89. The molecule has 1 heterocycles. The quantitative estimate of drug-likeness (QED) is 0.603. The number of methoxy groups -OCH3 is 1.